The van der Waals surface area contributed by atoms with E-state index >= 15 is 0 Å². The number of hydrogen-bond donors (Lipinski definition) is 1. The third kappa shape index (κ3) is 2.56. The van der Waals surface area contributed by atoms with E-state index in [1.165, 1.54) is 0 Å². The summed E-state index contributed by atoms with van der Waals surface area (Å²) >= 11 is 0. The van der Waals surface area contributed by atoms with Crippen molar-refractivity contribution in [2.75, 3.05) is 13.2 Å². The van der Waals surface area contributed by atoms with E-state index < -0.39 is 0 Å². The molecule has 1 aromatic rings. The van der Waals surface area contributed by atoms with E-state index in [1.807, 2.05) is 13.8 Å². The molecule has 5 nitrogen and oxygen atoms in total. The molecular weight excluding hydrogens is 230 g/mol. The van der Waals surface area contributed by atoms with Crippen LogP contribution in [0, 0.1) is 5.41 Å². The van der Waals surface area contributed by atoms with Crippen molar-refractivity contribution in [1.29, 1.82) is 0 Å². The van der Waals surface area contributed by atoms with Crippen LogP contribution in [0.1, 0.15) is 44.1 Å². The van der Waals surface area contributed by atoms with Crippen LogP contribution in [-0.4, -0.2) is 34.9 Å². The largest absolute Gasteiger partial charge is 0.379 e. The average Bonchev–Trinajstić information content (AvgIpc) is 2.86. The maximum atomic E-state index is 12.1. The third-order valence-electron chi connectivity index (χ3n) is 3.40. The van der Waals surface area contributed by atoms with E-state index in [1.54, 1.807) is 17.1 Å². The quantitative estimate of drug-likeness (QED) is 0.888. The number of rotatable bonds is 3. The Morgan fingerprint density at radius 3 is 2.83 bits per heavy atom. The lowest BCUT2D eigenvalue weighted by atomic mass is 9.88. The van der Waals surface area contributed by atoms with E-state index in [0.29, 0.717) is 18.8 Å². The first-order valence-corrected chi connectivity index (χ1v) is 6.33. The fraction of sp³-hybridized carbons (Fsp3) is 0.692. The monoisotopic (exact) mass is 251 g/mol. The average molecular weight is 251 g/mol. The molecule has 0 aromatic carbocycles. The van der Waals surface area contributed by atoms with Crippen molar-refractivity contribution in [2.45, 2.75) is 39.8 Å². The van der Waals surface area contributed by atoms with Gasteiger partial charge in [-0.3, -0.25) is 9.48 Å². The summed E-state index contributed by atoms with van der Waals surface area (Å²) < 4.78 is 7.20. The van der Waals surface area contributed by atoms with Gasteiger partial charge in [-0.2, -0.15) is 5.10 Å². The molecule has 2 heterocycles. The number of carbonyl (C=O) groups is 1. The zero-order valence-corrected chi connectivity index (χ0v) is 11.4. The lowest BCUT2D eigenvalue weighted by molar-refractivity contribution is 0.0915. The van der Waals surface area contributed by atoms with Gasteiger partial charge in [0.15, 0.2) is 0 Å². The summed E-state index contributed by atoms with van der Waals surface area (Å²) in [5, 5.41) is 7.19. The molecule has 0 aliphatic carbocycles. The summed E-state index contributed by atoms with van der Waals surface area (Å²) in [4.78, 5) is 12.1. The van der Waals surface area contributed by atoms with E-state index in [4.69, 9.17) is 4.74 Å². The highest BCUT2D eigenvalue weighted by atomic mass is 16.5. The predicted molar refractivity (Wildman–Crippen MR) is 68.5 cm³/mol. The molecule has 5 heteroatoms. The predicted octanol–water partition coefficient (Wildman–Crippen LogP) is 1.62. The van der Waals surface area contributed by atoms with Crippen LogP contribution in [-0.2, 0) is 4.74 Å². The SMILES string of the molecule is CC(C)n1cc(C(=O)NC2COCC2(C)C)cn1. The van der Waals surface area contributed by atoms with Gasteiger partial charge < -0.3 is 10.1 Å². The Kier molecular flexibility index (Phi) is 3.43. The molecule has 0 saturated carbocycles. The smallest absolute Gasteiger partial charge is 0.254 e. The van der Waals surface area contributed by atoms with E-state index in [9.17, 15) is 4.79 Å². The molecule has 1 aromatic heterocycles. The molecule has 0 spiro atoms. The molecule has 1 aliphatic heterocycles. The summed E-state index contributed by atoms with van der Waals surface area (Å²) in [5.74, 6) is -0.0783. The first-order valence-electron chi connectivity index (χ1n) is 6.33. The fourth-order valence-corrected chi connectivity index (χ4v) is 1.98. The molecule has 0 bridgehead atoms. The number of amides is 1. The second-order valence-corrected chi connectivity index (χ2v) is 5.83. The van der Waals surface area contributed by atoms with Crippen LogP contribution in [0.4, 0.5) is 0 Å². The Balaban J connectivity index is 2.03. The standard InChI is InChI=1S/C13H21N3O2/c1-9(2)16-6-10(5-14-16)12(17)15-11-7-18-8-13(11,3)4/h5-6,9,11H,7-8H2,1-4H3,(H,15,17). The van der Waals surface area contributed by atoms with Crippen molar-refractivity contribution in [3.05, 3.63) is 18.0 Å². The van der Waals surface area contributed by atoms with Crippen molar-refractivity contribution in [3.63, 3.8) is 0 Å². The van der Waals surface area contributed by atoms with Crippen LogP contribution in [0.3, 0.4) is 0 Å². The molecule has 1 fully saturated rings. The minimum Gasteiger partial charge on any atom is -0.379 e. The number of aromatic nitrogens is 2. The molecule has 1 amide bonds. The number of ether oxygens (including phenoxy) is 1. The van der Waals surface area contributed by atoms with Crippen LogP contribution in [0.25, 0.3) is 0 Å². The van der Waals surface area contributed by atoms with E-state index in [2.05, 4.69) is 24.3 Å². The Labute approximate surface area is 108 Å². The van der Waals surface area contributed by atoms with Gasteiger partial charge >= 0.3 is 0 Å². The molecule has 1 saturated heterocycles. The Hall–Kier alpha value is -1.36. The maximum absolute atomic E-state index is 12.1. The van der Waals surface area contributed by atoms with Crippen LogP contribution in [0.5, 0.6) is 0 Å². The summed E-state index contributed by atoms with van der Waals surface area (Å²) in [6.45, 7) is 9.52. The molecule has 0 radical (unpaired) electrons. The first-order chi connectivity index (χ1) is 8.40. The topological polar surface area (TPSA) is 56.2 Å². The highest BCUT2D eigenvalue weighted by Gasteiger charge is 2.36. The molecule has 1 aliphatic rings. The van der Waals surface area contributed by atoms with Gasteiger partial charge in [-0.05, 0) is 13.8 Å². The first kappa shape index (κ1) is 13.1. The van der Waals surface area contributed by atoms with Crippen molar-refractivity contribution in [2.24, 2.45) is 5.41 Å². The van der Waals surface area contributed by atoms with Crippen molar-refractivity contribution in [3.8, 4) is 0 Å². The second-order valence-electron chi connectivity index (χ2n) is 5.83. The summed E-state index contributed by atoms with van der Waals surface area (Å²) in [7, 11) is 0. The van der Waals surface area contributed by atoms with Gasteiger partial charge in [0, 0.05) is 17.7 Å². The van der Waals surface area contributed by atoms with Gasteiger partial charge in [0.25, 0.3) is 5.91 Å². The lowest BCUT2D eigenvalue weighted by Gasteiger charge is -2.25. The number of nitrogens with one attached hydrogen (secondary N) is 1. The van der Waals surface area contributed by atoms with Crippen LogP contribution >= 0.6 is 0 Å². The van der Waals surface area contributed by atoms with Crippen molar-refractivity contribution in [1.82, 2.24) is 15.1 Å². The fourth-order valence-electron chi connectivity index (χ4n) is 1.98. The molecule has 100 valence electrons. The van der Waals surface area contributed by atoms with Gasteiger partial charge in [0.1, 0.15) is 0 Å². The summed E-state index contributed by atoms with van der Waals surface area (Å²) in [6, 6.07) is 0.324. The Morgan fingerprint density at radius 2 is 2.33 bits per heavy atom. The van der Waals surface area contributed by atoms with Gasteiger partial charge in [0.05, 0.1) is 31.0 Å². The molecule has 18 heavy (non-hydrogen) atoms. The van der Waals surface area contributed by atoms with Crippen LogP contribution < -0.4 is 5.32 Å². The molecule has 1 N–H and O–H groups in total. The minimum absolute atomic E-state index is 0.0102. The number of nitrogens with zero attached hydrogens (tertiary/aromatic N) is 2. The van der Waals surface area contributed by atoms with Crippen molar-refractivity contribution >= 4 is 5.91 Å². The lowest BCUT2D eigenvalue weighted by Crippen LogP contribution is -2.44. The van der Waals surface area contributed by atoms with Gasteiger partial charge in [-0.25, -0.2) is 0 Å². The minimum atomic E-state index is -0.0783. The molecule has 1 unspecified atom stereocenters. The zero-order valence-electron chi connectivity index (χ0n) is 11.4. The summed E-state index contributed by atoms with van der Waals surface area (Å²) in [6.07, 6.45) is 3.39. The number of hydrogen-bond acceptors (Lipinski definition) is 3. The highest BCUT2D eigenvalue weighted by molar-refractivity contribution is 5.93. The Morgan fingerprint density at radius 1 is 1.61 bits per heavy atom. The van der Waals surface area contributed by atoms with Crippen LogP contribution in [0.15, 0.2) is 12.4 Å². The molecule has 1 atom stereocenters. The molecule has 2 rings (SSSR count). The second kappa shape index (κ2) is 4.72. The van der Waals surface area contributed by atoms with Gasteiger partial charge in [0.2, 0.25) is 0 Å². The van der Waals surface area contributed by atoms with E-state index in [-0.39, 0.29) is 23.4 Å². The highest BCUT2D eigenvalue weighted by Crippen LogP contribution is 2.27. The van der Waals surface area contributed by atoms with Crippen LogP contribution in [0.2, 0.25) is 0 Å². The zero-order chi connectivity index (χ0) is 13.3. The van der Waals surface area contributed by atoms with Gasteiger partial charge in [-0.15, -0.1) is 0 Å². The number of carbonyl (C=O) groups excluding carboxylic acids is 1. The Bertz CT molecular complexity index is 437. The molecular formula is C13H21N3O2. The van der Waals surface area contributed by atoms with E-state index in [0.717, 1.165) is 0 Å². The maximum Gasteiger partial charge on any atom is 0.254 e. The van der Waals surface area contributed by atoms with Crippen molar-refractivity contribution < 1.29 is 9.53 Å². The van der Waals surface area contributed by atoms with Gasteiger partial charge in [-0.1, -0.05) is 13.8 Å². The third-order valence-corrected chi connectivity index (χ3v) is 3.40. The normalized spacial score (nSPS) is 22.4. The summed E-state index contributed by atoms with van der Waals surface area (Å²) in [5.41, 5.74) is 0.593.